The summed E-state index contributed by atoms with van der Waals surface area (Å²) in [5.41, 5.74) is 2.43. The van der Waals surface area contributed by atoms with Gasteiger partial charge in [0.15, 0.2) is 0 Å². The van der Waals surface area contributed by atoms with Crippen molar-refractivity contribution in [2.24, 2.45) is 0 Å². The Kier molecular flexibility index (Phi) is 7.33. The van der Waals surface area contributed by atoms with Crippen molar-refractivity contribution in [2.45, 2.75) is 39.4 Å². The molecule has 1 amide bonds. The standard InChI is InChI=1S/C25H33ClN4O2/c1-4-10-28-11-13-29(14-12-28)25(31)22-8-9-23(20-6-5-7-21(26)15-20)27-24(22)30-16-18(2)32-19(3)17-30/h5-9,15,18-19H,4,10-14,16-17H2,1-3H3/t18-,19+. The number of morpholine rings is 1. The van der Waals surface area contributed by atoms with Gasteiger partial charge in [-0.15, -0.1) is 0 Å². The Morgan fingerprint density at radius 2 is 1.81 bits per heavy atom. The number of halogens is 1. The summed E-state index contributed by atoms with van der Waals surface area (Å²) < 4.78 is 5.93. The molecule has 0 spiro atoms. The minimum Gasteiger partial charge on any atom is -0.372 e. The van der Waals surface area contributed by atoms with Gasteiger partial charge in [0, 0.05) is 49.9 Å². The Morgan fingerprint density at radius 1 is 1.09 bits per heavy atom. The number of rotatable bonds is 5. The minimum absolute atomic E-state index is 0.0630. The van der Waals surface area contributed by atoms with E-state index in [0.717, 1.165) is 56.2 Å². The number of hydrogen-bond donors (Lipinski definition) is 0. The molecule has 0 radical (unpaired) electrons. The van der Waals surface area contributed by atoms with E-state index in [9.17, 15) is 4.79 Å². The summed E-state index contributed by atoms with van der Waals surface area (Å²) in [6.07, 6.45) is 1.30. The van der Waals surface area contributed by atoms with E-state index in [4.69, 9.17) is 21.3 Å². The smallest absolute Gasteiger partial charge is 0.257 e. The van der Waals surface area contributed by atoms with E-state index in [1.165, 1.54) is 0 Å². The highest BCUT2D eigenvalue weighted by atomic mass is 35.5. The van der Waals surface area contributed by atoms with Crippen LogP contribution >= 0.6 is 11.6 Å². The molecule has 172 valence electrons. The number of hydrogen-bond acceptors (Lipinski definition) is 5. The number of aromatic nitrogens is 1. The van der Waals surface area contributed by atoms with E-state index in [1.54, 1.807) is 0 Å². The molecule has 0 bridgehead atoms. The third-order valence-electron chi connectivity index (χ3n) is 6.14. The van der Waals surface area contributed by atoms with E-state index in [-0.39, 0.29) is 18.1 Å². The molecular formula is C25H33ClN4O2. The Bertz CT molecular complexity index is 935. The van der Waals surface area contributed by atoms with Gasteiger partial charge in [-0.2, -0.15) is 0 Å². The molecular weight excluding hydrogens is 424 g/mol. The Morgan fingerprint density at radius 3 is 2.47 bits per heavy atom. The van der Waals surface area contributed by atoms with Crippen LogP contribution in [0.2, 0.25) is 5.02 Å². The summed E-state index contributed by atoms with van der Waals surface area (Å²) in [6.45, 7) is 12.2. The van der Waals surface area contributed by atoms with E-state index in [0.29, 0.717) is 23.7 Å². The molecule has 1 aromatic heterocycles. The van der Waals surface area contributed by atoms with Gasteiger partial charge in [-0.3, -0.25) is 9.69 Å². The summed E-state index contributed by atoms with van der Waals surface area (Å²) in [7, 11) is 0. The average molecular weight is 457 g/mol. The first-order valence-corrected chi connectivity index (χ1v) is 12.0. The second kappa shape index (κ2) is 10.2. The number of ether oxygens (including phenoxy) is 1. The highest BCUT2D eigenvalue weighted by molar-refractivity contribution is 6.30. The largest absolute Gasteiger partial charge is 0.372 e. The molecule has 7 heteroatoms. The molecule has 0 unspecified atom stereocenters. The number of amides is 1. The summed E-state index contributed by atoms with van der Waals surface area (Å²) in [5.74, 6) is 0.804. The van der Waals surface area contributed by atoms with Crippen molar-refractivity contribution in [1.82, 2.24) is 14.8 Å². The van der Waals surface area contributed by atoms with Crippen LogP contribution in [-0.2, 0) is 4.74 Å². The van der Waals surface area contributed by atoms with Gasteiger partial charge < -0.3 is 14.5 Å². The zero-order valence-electron chi connectivity index (χ0n) is 19.3. The third-order valence-corrected chi connectivity index (χ3v) is 6.38. The molecule has 2 aliphatic heterocycles. The van der Waals surface area contributed by atoms with Crippen LogP contribution in [0.3, 0.4) is 0 Å². The van der Waals surface area contributed by atoms with Gasteiger partial charge in [-0.05, 0) is 51.1 Å². The zero-order chi connectivity index (χ0) is 22.7. The molecule has 0 saturated carbocycles. The molecule has 6 nitrogen and oxygen atoms in total. The van der Waals surface area contributed by atoms with Crippen molar-refractivity contribution in [2.75, 3.05) is 50.7 Å². The van der Waals surface area contributed by atoms with E-state index >= 15 is 0 Å². The van der Waals surface area contributed by atoms with Crippen molar-refractivity contribution in [3.05, 3.63) is 47.0 Å². The Balaban J connectivity index is 1.66. The van der Waals surface area contributed by atoms with Crippen molar-refractivity contribution < 1.29 is 9.53 Å². The molecule has 2 fully saturated rings. The van der Waals surface area contributed by atoms with Crippen LogP contribution in [0.1, 0.15) is 37.6 Å². The minimum atomic E-state index is 0.0630. The maximum atomic E-state index is 13.6. The number of carbonyl (C=O) groups is 1. The van der Waals surface area contributed by atoms with E-state index in [2.05, 4.69) is 30.6 Å². The lowest BCUT2D eigenvalue weighted by Crippen LogP contribution is -2.50. The molecule has 0 N–H and O–H groups in total. The molecule has 2 aliphatic rings. The Labute approximate surface area is 196 Å². The molecule has 2 atom stereocenters. The highest BCUT2D eigenvalue weighted by Gasteiger charge is 2.30. The van der Waals surface area contributed by atoms with Crippen LogP contribution in [0.15, 0.2) is 36.4 Å². The summed E-state index contributed by atoms with van der Waals surface area (Å²) in [4.78, 5) is 25.2. The lowest BCUT2D eigenvalue weighted by molar-refractivity contribution is -0.00555. The fraction of sp³-hybridized carbons (Fsp3) is 0.520. The summed E-state index contributed by atoms with van der Waals surface area (Å²) in [6, 6.07) is 11.6. The molecule has 1 aromatic carbocycles. The maximum Gasteiger partial charge on any atom is 0.257 e. The first-order chi connectivity index (χ1) is 15.4. The molecule has 2 saturated heterocycles. The maximum absolute atomic E-state index is 13.6. The quantitative estimate of drug-likeness (QED) is 0.675. The van der Waals surface area contributed by atoms with Gasteiger partial charge in [-0.1, -0.05) is 30.7 Å². The third kappa shape index (κ3) is 5.25. The molecule has 2 aromatic rings. The number of nitrogens with zero attached hydrogens (tertiary/aromatic N) is 4. The molecule has 3 heterocycles. The van der Waals surface area contributed by atoms with Crippen LogP contribution in [0.25, 0.3) is 11.3 Å². The highest BCUT2D eigenvalue weighted by Crippen LogP contribution is 2.29. The molecule has 32 heavy (non-hydrogen) atoms. The number of benzene rings is 1. The topological polar surface area (TPSA) is 48.9 Å². The fourth-order valence-corrected chi connectivity index (χ4v) is 4.87. The average Bonchev–Trinajstić information content (AvgIpc) is 2.78. The first kappa shape index (κ1) is 23.0. The van der Waals surface area contributed by atoms with Crippen molar-refractivity contribution in [3.8, 4) is 11.3 Å². The van der Waals surface area contributed by atoms with Crippen molar-refractivity contribution >= 4 is 23.3 Å². The van der Waals surface area contributed by atoms with Gasteiger partial charge >= 0.3 is 0 Å². The fourth-order valence-electron chi connectivity index (χ4n) is 4.68. The number of carbonyl (C=O) groups excluding carboxylic acids is 1. The van der Waals surface area contributed by atoms with E-state index in [1.807, 2.05) is 41.3 Å². The summed E-state index contributed by atoms with van der Waals surface area (Å²) >= 11 is 6.22. The van der Waals surface area contributed by atoms with Gasteiger partial charge in [0.1, 0.15) is 5.82 Å². The normalized spacial score (nSPS) is 22.2. The van der Waals surface area contributed by atoms with Crippen LogP contribution in [-0.4, -0.2) is 78.7 Å². The Hall–Kier alpha value is -2.15. The zero-order valence-corrected chi connectivity index (χ0v) is 20.0. The molecule has 0 aliphatic carbocycles. The number of piperazine rings is 1. The lowest BCUT2D eigenvalue weighted by atomic mass is 10.1. The first-order valence-electron chi connectivity index (χ1n) is 11.6. The second-order valence-electron chi connectivity index (χ2n) is 8.87. The van der Waals surface area contributed by atoms with Crippen LogP contribution in [0.5, 0.6) is 0 Å². The molecule has 4 rings (SSSR count). The van der Waals surface area contributed by atoms with Crippen LogP contribution in [0, 0.1) is 0 Å². The monoisotopic (exact) mass is 456 g/mol. The van der Waals surface area contributed by atoms with Gasteiger partial charge in [0.25, 0.3) is 5.91 Å². The predicted molar refractivity (Wildman–Crippen MR) is 130 cm³/mol. The van der Waals surface area contributed by atoms with Crippen LogP contribution < -0.4 is 4.90 Å². The lowest BCUT2D eigenvalue weighted by Gasteiger charge is -2.38. The predicted octanol–water partition coefficient (Wildman–Crippen LogP) is 4.18. The SMILES string of the molecule is CCCN1CCN(C(=O)c2ccc(-c3cccc(Cl)c3)nc2N2C[C@@H](C)O[C@@H](C)C2)CC1. The van der Waals surface area contributed by atoms with Crippen molar-refractivity contribution in [1.29, 1.82) is 0 Å². The summed E-state index contributed by atoms with van der Waals surface area (Å²) in [5, 5.41) is 0.671. The van der Waals surface area contributed by atoms with Gasteiger partial charge in [0.05, 0.1) is 23.5 Å². The van der Waals surface area contributed by atoms with Gasteiger partial charge in [-0.25, -0.2) is 4.98 Å². The second-order valence-corrected chi connectivity index (χ2v) is 9.31. The number of anilines is 1. The van der Waals surface area contributed by atoms with E-state index < -0.39 is 0 Å². The number of pyridine rings is 1. The van der Waals surface area contributed by atoms with Crippen LogP contribution in [0.4, 0.5) is 5.82 Å². The van der Waals surface area contributed by atoms with Gasteiger partial charge in [0.2, 0.25) is 0 Å². The van der Waals surface area contributed by atoms with Crippen molar-refractivity contribution in [3.63, 3.8) is 0 Å².